The van der Waals surface area contributed by atoms with Crippen LogP contribution in [0.3, 0.4) is 0 Å². The fourth-order valence-corrected chi connectivity index (χ4v) is 4.74. The number of ether oxygens (including phenoxy) is 2. The van der Waals surface area contributed by atoms with Gasteiger partial charge in [-0.2, -0.15) is 0 Å². The van der Waals surface area contributed by atoms with E-state index in [1.807, 2.05) is 24.3 Å². The summed E-state index contributed by atoms with van der Waals surface area (Å²) in [5.41, 5.74) is 2.11. The predicted molar refractivity (Wildman–Crippen MR) is 82.8 cm³/mol. The van der Waals surface area contributed by atoms with Crippen LogP contribution in [0.4, 0.5) is 5.69 Å². The van der Waals surface area contributed by atoms with Crippen LogP contribution in [0.25, 0.3) is 6.08 Å². The van der Waals surface area contributed by atoms with Crippen LogP contribution >= 0.6 is 0 Å². The molecule has 4 aliphatic heterocycles. The molecule has 3 saturated heterocycles. The molecule has 0 aliphatic carbocycles. The molecule has 118 valence electrons. The molecule has 0 amide bonds. The summed E-state index contributed by atoms with van der Waals surface area (Å²) in [5.74, 6) is -0.319. The summed E-state index contributed by atoms with van der Waals surface area (Å²) in [6, 6.07) is 7.59. The van der Waals surface area contributed by atoms with E-state index in [0.717, 1.165) is 11.3 Å². The van der Waals surface area contributed by atoms with Gasteiger partial charge >= 0.3 is 0 Å². The van der Waals surface area contributed by atoms with Gasteiger partial charge in [0.25, 0.3) is 0 Å². The molecule has 3 fully saturated rings. The van der Waals surface area contributed by atoms with Crippen LogP contribution in [-0.2, 0) is 19.1 Å². The highest BCUT2D eigenvalue weighted by atomic mass is 16.7. The third kappa shape index (κ3) is 1.64. The van der Waals surface area contributed by atoms with Crippen molar-refractivity contribution in [1.82, 2.24) is 0 Å². The van der Waals surface area contributed by atoms with Crippen LogP contribution in [0.2, 0.25) is 0 Å². The lowest BCUT2D eigenvalue weighted by Gasteiger charge is -2.35. The molecule has 23 heavy (non-hydrogen) atoms. The summed E-state index contributed by atoms with van der Waals surface area (Å²) in [7, 11) is 0. The third-order valence-corrected chi connectivity index (χ3v) is 5.57. The molecule has 0 N–H and O–H groups in total. The maximum atomic E-state index is 12.8. The van der Waals surface area contributed by atoms with Crippen LogP contribution in [0, 0.1) is 11.8 Å². The van der Waals surface area contributed by atoms with Gasteiger partial charge in [0.2, 0.25) is 6.29 Å². The number of nitrogens with zero attached hydrogens (tertiary/aromatic N) is 1. The molecule has 1 aromatic rings. The summed E-state index contributed by atoms with van der Waals surface area (Å²) in [5, 5.41) is 0. The van der Waals surface area contributed by atoms with E-state index in [1.165, 1.54) is 0 Å². The number of rotatable bonds is 1. The number of fused-ring (bicyclic) bond motifs is 8. The topological polar surface area (TPSA) is 55.8 Å². The second-order valence-electron chi connectivity index (χ2n) is 6.72. The van der Waals surface area contributed by atoms with Crippen molar-refractivity contribution in [2.45, 2.75) is 31.4 Å². The van der Waals surface area contributed by atoms with Gasteiger partial charge in [-0.1, -0.05) is 30.4 Å². The van der Waals surface area contributed by atoms with Crippen LogP contribution < -0.4 is 4.90 Å². The molecule has 1 aromatic carbocycles. The van der Waals surface area contributed by atoms with E-state index in [9.17, 15) is 9.59 Å². The first kappa shape index (κ1) is 13.5. The summed E-state index contributed by atoms with van der Waals surface area (Å²) in [4.78, 5) is 27.4. The number of hydrogen-bond acceptors (Lipinski definition) is 5. The van der Waals surface area contributed by atoms with Crippen molar-refractivity contribution in [3.8, 4) is 0 Å². The molecular formula is C18H17NO4. The van der Waals surface area contributed by atoms with E-state index in [-0.39, 0.29) is 41.6 Å². The lowest BCUT2D eigenvalue weighted by Crippen LogP contribution is -2.48. The van der Waals surface area contributed by atoms with Gasteiger partial charge in [-0.25, -0.2) is 0 Å². The maximum absolute atomic E-state index is 12.8. The highest BCUT2D eigenvalue weighted by Gasteiger charge is 2.62. The predicted octanol–water partition coefficient (Wildman–Crippen LogP) is 1.42. The van der Waals surface area contributed by atoms with E-state index < -0.39 is 6.29 Å². The Bertz CT molecular complexity index is 742. The van der Waals surface area contributed by atoms with E-state index in [0.29, 0.717) is 6.61 Å². The standard InChI is InChI=1S/C18H17NO4/c1-9(20)16-15-13-8-22-18(23-13)17(21)14(15)12-7-6-10-4-2-3-5-11(10)19(12)16/h2-7,12-16,18H,8H2,1H3/t12-,13+,14+,15+,16+,18-/m0/s1. The van der Waals surface area contributed by atoms with Gasteiger partial charge in [-0.05, 0) is 18.6 Å². The fourth-order valence-electron chi connectivity index (χ4n) is 4.74. The van der Waals surface area contributed by atoms with Gasteiger partial charge in [0.15, 0.2) is 11.6 Å². The molecule has 5 nitrogen and oxygen atoms in total. The smallest absolute Gasteiger partial charge is 0.218 e. The Kier molecular flexibility index (Phi) is 2.65. The second kappa shape index (κ2) is 4.52. The van der Waals surface area contributed by atoms with Crippen molar-refractivity contribution < 1.29 is 19.1 Å². The lowest BCUT2D eigenvalue weighted by atomic mass is 9.78. The quantitative estimate of drug-likeness (QED) is 0.785. The minimum atomic E-state index is -0.751. The zero-order chi connectivity index (χ0) is 15.7. The van der Waals surface area contributed by atoms with Crippen LogP contribution in [0.5, 0.6) is 0 Å². The number of carbonyl (C=O) groups is 2. The van der Waals surface area contributed by atoms with Gasteiger partial charge < -0.3 is 14.4 Å². The first-order chi connectivity index (χ1) is 11.2. The van der Waals surface area contributed by atoms with Gasteiger partial charge in [0.1, 0.15) is 0 Å². The van der Waals surface area contributed by atoms with Crippen molar-refractivity contribution in [2.75, 3.05) is 11.5 Å². The van der Waals surface area contributed by atoms with Crippen molar-refractivity contribution in [3.63, 3.8) is 0 Å². The van der Waals surface area contributed by atoms with E-state index >= 15 is 0 Å². The van der Waals surface area contributed by atoms with Crippen LogP contribution in [0.15, 0.2) is 30.3 Å². The molecule has 0 aromatic heterocycles. The SMILES string of the molecule is CC(=O)[C@@H]1[C@H]2[C@H](C(=O)[C@H]3OC[C@H]2O3)[C@@H]2C=Cc3ccccc3N12. The van der Waals surface area contributed by atoms with Crippen molar-refractivity contribution in [2.24, 2.45) is 11.8 Å². The van der Waals surface area contributed by atoms with Gasteiger partial charge in [-0.3, -0.25) is 9.59 Å². The minimum Gasteiger partial charge on any atom is -0.353 e. The van der Waals surface area contributed by atoms with Gasteiger partial charge in [0.05, 0.1) is 30.7 Å². The van der Waals surface area contributed by atoms with E-state index in [1.54, 1.807) is 6.92 Å². The molecule has 6 atom stereocenters. The Balaban J connectivity index is 1.69. The Morgan fingerprint density at radius 3 is 2.96 bits per heavy atom. The number of anilines is 1. The molecular weight excluding hydrogens is 294 g/mol. The molecule has 0 radical (unpaired) electrons. The van der Waals surface area contributed by atoms with Gasteiger partial charge in [-0.15, -0.1) is 0 Å². The zero-order valence-corrected chi connectivity index (χ0v) is 12.7. The van der Waals surface area contributed by atoms with Gasteiger partial charge in [0, 0.05) is 11.6 Å². The number of hydrogen-bond donors (Lipinski definition) is 0. The summed E-state index contributed by atoms with van der Waals surface area (Å²) in [6.07, 6.45) is 3.19. The number of para-hydroxylation sites is 1. The van der Waals surface area contributed by atoms with E-state index in [4.69, 9.17) is 9.47 Å². The third-order valence-electron chi connectivity index (χ3n) is 5.57. The zero-order valence-electron chi connectivity index (χ0n) is 12.7. The lowest BCUT2D eigenvalue weighted by molar-refractivity contribution is -0.164. The molecule has 4 heterocycles. The number of benzene rings is 1. The average Bonchev–Trinajstić information content (AvgIpc) is 3.13. The fraction of sp³-hybridized carbons (Fsp3) is 0.444. The highest BCUT2D eigenvalue weighted by Crippen LogP contribution is 2.50. The Hall–Kier alpha value is -1.98. The summed E-state index contributed by atoms with van der Waals surface area (Å²) in [6.45, 7) is 2.00. The molecule has 2 bridgehead atoms. The maximum Gasteiger partial charge on any atom is 0.218 e. The first-order valence-electron chi connectivity index (χ1n) is 8.03. The highest BCUT2D eigenvalue weighted by molar-refractivity contribution is 5.95. The monoisotopic (exact) mass is 311 g/mol. The Morgan fingerprint density at radius 1 is 1.30 bits per heavy atom. The summed E-state index contributed by atoms with van der Waals surface area (Å²) < 4.78 is 11.2. The van der Waals surface area contributed by atoms with Crippen molar-refractivity contribution >= 4 is 23.3 Å². The minimum absolute atomic E-state index is 0.0217. The normalized spacial score (nSPS) is 39.9. The van der Waals surface area contributed by atoms with Crippen LogP contribution in [0.1, 0.15) is 12.5 Å². The second-order valence-corrected chi connectivity index (χ2v) is 6.72. The molecule has 0 saturated carbocycles. The molecule has 5 heteroatoms. The largest absolute Gasteiger partial charge is 0.353 e. The van der Waals surface area contributed by atoms with Crippen LogP contribution in [-0.4, -0.2) is 42.7 Å². The molecule has 4 aliphatic rings. The molecule has 5 rings (SSSR count). The first-order valence-corrected chi connectivity index (χ1v) is 8.03. The number of carbonyl (C=O) groups excluding carboxylic acids is 2. The average molecular weight is 311 g/mol. The van der Waals surface area contributed by atoms with Crippen molar-refractivity contribution in [3.05, 3.63) is 35.9 Å². The Labute approximate surface area is 133 Å². The summed E-state index contributed by atoms with van der Waals surface area (Å²) >= 11 is 0. The van der Waals surface area contributed by atoms with Crippen molar-refractivity contribution in [1.29, 1.82) is 0 Å². The number of Topliss-reactive ketones (excluding diaryl/α,β-unsaturated/α-hetero) is 2. The van der Waals surface area contributed by atoms with E-state index in [2.05, 4.69) is 17.1 Å². The molecule has 0 spiro atoms. The number of ketones is 2. The Morgan fingerprint density at radius 2 is 2.13 bits per heavy atom. The molecule has 0 unspecified atom stereocenters.